The van der Waals surface area contributed by atoms with Crippen molar-refractivity contribution in [3.63, 3.8) is 0 Å². The minimum absolute atomic E-state index is 0.106. The van der Waals surface area contributed by atoms with Gasteiger partial charge < -0.3 is 5.11 Å². The number of hydrogen-bond donors (Lipinski definition) is 3. The second kappa shape index (κ2) is 6.97. The molecule has 8 heteroatoms. The number of amides is 1. The third kappa shape index (κ3) is 3.07. The van der Waals surface area contributed by atoms with Gasteiger partial charge >= 0.3 is 5.69 Å². The van der Waals surface area contributed by atoms with E-state index in [-0.39, 0.29) is 16.9 Å². The molecule has 1 aromatic heterocycles. The maximum Gasteiger partial charge on any atom is 0.335 e. The van der Waals surface area contributed by atoms with Gasteiger partial charge in [-0.25, -0.2) is 14.8 Å². The molecule has 0 atom stereocenters. The highest BCUT2D eigenvalue weighted by Gasteiger charge is 2.54. The Hall–Kier alpha value is -3.16. The van der Waals surface area contributed by atoms with Crippen molar-refractivity contribution in [2.24, 2.45) is 28.3 Å². The Morgan fingerprint density at radius 2 is 1.70 bits per heavy atom. The van der Waals surface area contributed by atoms with E-state index in [1.807, 2.05) is 0 Å². The van der Waals surface area contributed by atoms with Gasteiger partial charge in [-0.05, 0) is 68.4 Å². The highest BCUT2D eigenvalue weighted by molar-refractivity contribution is 5.86. The van der Waals surface area contributed by atoms with Crippen LogP contribution < -0.4 is 16.7 Å². The molecule has 0 aliphatic heterocycles. The third-order valence-electron chi connectivity index (χ3n) is 7.01. The largest absolute Gasteiger partial charge is 0.493 e. The number of hydrazone groups is 1. The summed E-state index contributed by atoms with van der Waals surface area (Å²) in [6.07, 6.45) is 7.53. The molecule has 156 valence electrons. The van der Waals surface area contributed by atoms with Gasteiger partial charge in [-0.1, -0.05) is 18.2 Å². The number of nitrogens with zero attached hydrogens (tertiary/aromatic N) is 2. The summed E-state index contributed by atoms with van der Waals surface area (Å²) in [5.41, 5.74) is 0.936. The van der Waals surface area contributed by atoms with Crippen LogP contribution in [0.5, 0.6) is 5.88 Å². The lowest BCUT2D eigenvalue weighted by Crippen LogP contribution is -2.52. The molecule has 1 heterocycles. The topological polar surface area (TPSA) is 117 Å². The molecule has 30 heavy (non-hydrogen) atoms. The maximum atomic E-state index is 13.0. The molecule has 4 saturated carbocycles. The fraction of sp³-hybridized carbons (Fsp3) is 0.455. The van der Waals surface area contributed by atoms with Crippen LogP contribution in [0.15, 0.2) is 45.0 Å². The Morgan fingerprint density at radius 3 is 2.30 bits per heavy atom. The minimum atomic E-state index is -0.766. The number of aromatic amines is 1. The zero-order valence-electron chi connectivity index (χ0n) is 16.5. The number of carbonyl (C=O) groups is 1. The number of para-hydroxylation sites is 1. The average Bonchev–Trinajstić information content (AvgIpc) is 2.70. The molecular formula is C22H24N4O4. The van der Waals surface area contributed by atoms with Crippen LogP contribution >= 0.6 is 0 Å². The molecule has 8 nitrogen and oxygen atoms in total. The predicted octanol–water partition coefficient (Wildman–Crippen LogP) is 1.90. The number of hydrogen-bond acceptors (Lipinski definition) is 5. The minimum Gasteiger partial charge on any atom is -0.493 e. The molecule has 0 spiro atoms. The first-order chi connectivity index (χ1) is 14.4. The van der Waals surface area contributed by atoms with Crippen LogP contribution in [0.2, 0.25) is 0 Å². The normalized spacial score (nSPS) is 29.4. The first kappa shape index (κ1) is 18.8. The molecule has 1 amide bonds. The van der Waals surface area contributed by atoms with Crippen molar-refractivity contribution in [3.05, 3.63) is 56.7 Å². The quantitative estimate of drug-likeness (QED) is 0.529. The van der Waals surface area contributed by atoms with Crippen molar-refractivity contribution in [1.29, 1.82) is 0 Å². The molecule has 4 fully saturated rings. The van der Waals surface area contributed by atoms with Crippen molar-refractivity contribution in [1.82, 2.24) is 15.0 Å². The molecule has 3 N–H and O–H groups in total. The van der Waals surface area contributed by atoms with Crippen molar-refractivity contribution in [2.45, 2.75) is 38.5 Å². The second-order valence-electron chi connectivity index (χ2n) is 9.06. The lowest BCUT2D eigenvalue weighted by molar-refractivity contribution is -0.146. The van der Waals surface area contributed by atoms with E-state index in [4.69, 9.17) is 0 Å². The van der Waals surface area contributed by atoms with Gasteiger partial charge in [-0.2, -0.15) is 5.10 Å². The Morgan fingerprint density at radius 1 is 1.10 bits per heavy atom. The van der Waals surface area contributed by atoms with Crippen LogP contribution in [0.4, 0.5) is 0 Å². The van der Waals surface area contributed by atoms with Gasteiger partial charge in [-0.3, -0.25) is 14.6 Å². The molecule has 4 bridgehead atoms. The van der Waals surface area contributed by atoms with Crippen LogP contribution in [0, 0.1) is 23.2 Å². The molecule has 4 aliphatic carbocycles. The lowest BCUT2D eigenvalue weighted by atomic mass is 9.49. The number of carbonyl (C=O) groups excluding carboxylic acids is 1. The van der Waals surface area contributed by atoms with Gasteiger partial charge in [-0.15, -0.1) is 0 Å². The van der Waals surface area contributed by atoms with Crippen LogP contribution in [-0.4, -0.2) is 26.8 Å². The highest BCUT2D eigenvalue weighted by atomic mass is 16.3. The number of benzene rings is 1. The van der Waals surface area contributed by atoms with Crippen LogP contribution in [0.1, 0.15) is 44.1 Å². The molecule has 2 aromatic rings. The molecule has 1 aromatic carbocycles. The highest BCUT2D eigenvalue weighted by Crippen LogP contribution is 2.60. The van der Waals surface area contributed by atoms with E-state index in [9.17, 15) is 19.5 Å². The third-order valence-corrected chi connectivity index (χ3v) is 7.01. The van der Waals surface area contributed by atoms with Gasteiger partial charge in [0.1, 0.15) is 5.56 Å². The maximum absolute atomic E-state index is 13.0. The first-order valence-electron chi connectivity index (χ1n) is 10.4. The standard InChI is InChI=1S/C22H24N4O4/c27-18-17(19(28)26(21(30)24-18)16-4-2-1-3-5-16)12-23-25-20(29)22-9-13-6-14(10-22)8-15(7-13)11-22/h1-5,12-15,28H,6-11H2,(H,25,29)(H,24,27,30)/b23-12+. The van der Waals surface area contributed by atoms with Gasteiger partial charge in [0.25, 0.3) is 5.56 Å². The van der Waals surface area contributed by atoms with Gasteiger partial charge in [0.15, 0.2) is 0 Å². The molecule has 4 aliphatic rings. The summed E-state index contributed by atoms with van der Waals surface area (Å²) >= 11 is 0. The van der Waals surface area contributed by atoms with E-state index >= 15 is 0 Å². The number of rotatable bonds is 4. The van der Waals surface area contributed by atoms with E-state index in [0.717, 1.165) is 30.0 Å². The zero-order chi connectivity index (χ0) is 20.9. The fourth-order valence-corrected chi connectivity index (χ4v) is 6.13. The number of aromatic hydroxyl groups is 1. The average molecular weight is 408 g/mol. The van der Waals surface area contributed by atoms with E-state index in [1.54, 1.807) is 30.3 Å². The van der Waals surface area contributed by atoms with E-state index in [0.29, 0.717) is 23.4 Å². The SMILES string of the molecule is O=C(N/N=C/c1c(O)n(-c2ccccc2)c(=O)[nH]c1=O)C12CC3CC(CC(C3)C1)C2. The lowest BCUT2D eigenvalue weighted by Gasteiger charge is -2.55. The fourth-order valence-electron chi connectivity index (χ4n) is 6.13. The van der Waals surface area contributed by atoms with Crippen LogP contribution in [0.3, 0.4) is 0 Å². The molecule has 6 rings (SSSR count). The summed E-state index contributed by atoms with van der Waals surface area (Å²) in [4.78, 5) is 39.5. The molecule has 0 radical (unpaired) electrons. The summed E-state index contributed by atoms with van der Waals surface area (Å²) in [6, 6.07) is 8.47. The van der Waals surface area contributed by atoms with E-state index < -0.39 is 17.1 Å². The number of H-pyrrole nitrogens is 1. The number of aromatic nitrogens is 2. The molecule has 0 unspecified atom stereocenters. The summed E-state index contributed by atoms with van der Waals surface area (Å²) in [6.45, 7) is 0. The van der Waals surface area contributed by atoms with E-state index in [1.165, 1.54) is 19.3 Å². The van der Waals surface area contributed by atoms with Gasteiger partial charge in [0.2, 0.25) is 11.8 Å². The van der Waals surface area contributed by atoms with Crippen molar-refractivity contribution in [3.8, 4) is 11.6 Å². The first-order valence-corrected chi connectivity index (χ1v) is 10.4. The molecular weight excluding hydrogens is 384 g/mol. The Kier molecular flexibility index (Phi) is 4.38. The van der Waals surface area contributed by atoms with E-state index in [2.05, 4.69) is 15.5 Å². The van der Waals surface area contributed by atoms with Crippen molar-refractivity contribution in [2.75, 3.05) is 0 Å². The summed E-state index contributed by atoms with van der Waals surface area (Å²) in [5.74, 6) is 1.26. The summed E-state index contributed by atoms with van der Waals surface area (Å²) in [5, 5.41) is 14.5. The second-order valence-corrected chi connectivity index (χ2v) is 9.06. The molecule has 0 saturated heterocycles. The summed E-state index contributed by atoms with van der Waals surface area (Å²) in [7, 11) is 0. The van der Waals surface area contributed by atoms with Crippen LogP contribution in [0.25, 0.3) is 5.69 Å². The monoisotopic (exact) mass is 408 g/mol. The smallest absolute Gasteiger partial charge is 0.335 e. The Balaban J connectivity index is 1.39. The van der Waals surface area contributed by atoms with Gasteiger partial charge in [0.05, 0.1) is 17.3 Å². The summed E-state index contributed by atoms with van der Waals surface area (Å²) < 4.78 is 0.990. The Labute approximate surface area is 172 Å². The van der Waals surface area contributed by atoms with Crippen molar-refractivity contribution < 1.29 is 9.90 Å². The number of nitrogens with one attached hydrogen (secondary N) is 2. The Bertz CT molecular complexity index is 1100. The zero-order valence-corrected chi connectivity index (χ0v) is 16.5. The predicted molar refractivity (Wildman–Crippen MR) is 111 cm³/mol. The van der Waals surface area contributed by atoms with Gasteiger partial charge in [0, 0.05) is 0 Å². The van der Waals surface area contributed by atoms with Crippen LogP contribution in [-0.2, 0) is 4.79 Å². The van der Waals surface area contributed by atoms with Crippen molar-refractivity contribution >= 4 is 12.1 Å².